The summed E-state index contributed by atoms with van der Waals surface area (Å²) in [5, 5.41) is 8.63. The monoisotopic (exact) mass is 319 g/mol. The van der Waals surface area contributed by atoms with Crippen molar-refractivity contribution in [1.29, 1.82) is 0 Å². The van der Waals surface area contributed by atoms with Crippen LogP contribution in [0.4, 0.5) is 18.0 Å². The molecule has 0 aromatic rings. The first kappa shape index (κ1) is 16.5. The number of halogens is 3. The van der Waals surface area contributed by atoms with Gasteiger partial charge in [0.05, 0.1) is 17.5 Å². The first-order chi connectivity index (χ1) is 9.00. The SMILES string of the molecule is O=C(O)CN(C(=O)OCC(F)(F)F)C1CCS(=O)(=O)C1. The van der Waals surface area contributed by atoms with E-state index in [0.29, 0.717) is 4.90 Å². The van der Waals surface area contributed by atoms with Crippen molar-refractivity contribution in [2.24, 2.45) is 0 Å². The van der Waals surface area contributed by atoms with Gasteiger partial charge in [-0.15, -0.1) is 0 Å². The summed E-state index contributed by atoms with van der Waals surface area (Å²) in [6.07, 6.45) is -6.27. The van der Waals surface area contributed by atoms with Crippen LogP contribution in [0.25, 0.3) is 0 Å². The second-order valence-corrected chi connectivity index (χ2v) is 6.48. The highest BCUT2D eigenvalue weighted by Gasteiger charge is 2.38. The van der Waals surface area contributed by atoms with E-state index in [4.69, 9.17) is 5.11 Å². The Bertz CT molecular complexity index is 488. The molecule has 0 saturated carbocycles. The summed E-state index contributed by atoms with van der Waals surface area (Å²) in [6, 6.07) is -0.989. The highest BCUT2D eigenvalue weighted by atomic mass is 32.2. The van der Waals surface area contributed by atoms with Gasteiger partial charge >= 0.3 is 18.2 Å². The third-order valence-electron chi connectivity index (χ3n) is 2.55. The fourth-order valence-corrected chi connectivity index (χ4v) is 3.47. The first-order valence-electron chi connectivity index (χ1n) is 5.42. The number of rotatable bonds is 4. The van der Waals surface area contributed by atoms with Crippen molar-refractivity contribution in [3.63, 3.8) is 0 Å². The van der Waals surface area contributed by atoms with Crippen molar-refractivity contribution < 1.29 is 41.0 Å². The van der Waals surface area contributed by atoms with Crippen LogP contribution < -0.4 is 0 Å². The Morgan fingerprint density at radius 2 is 1.95 bits per heavy atom. The molecule has 1 fully saturated rings. The van der Waals surface area contributed by atoms with Gasteiger partial charge in [-0.1, -0.05) is 0 Å². The lowest BCUT2D eigenvalue weighted by Crippen LogP contribution is -2.45. The van der Waals surface area contributed by atoms with E-state index in [1.54, 1.807) is 0 Å². The van der Waals surface area contributed by atoms with Crippen LogP contribution in [0.5, 0.6) is 0 Å². The lowest BCUT2D eigenvalue weighted by Gasteiger charge is -2.25. The number of sulfone groups is 1. The van der Waals surface area contributed by atoms with Gasteiger partial charge in [0.1, 0.15) is 6.54 Å². The maximum absolute atomic E-state index is 11.9. The van der Waals surface area contributed by atoms with E-state index in [1.807, 2.05) is 0 Å². The molecular weight excluding hydrogens is 307 g/mol. The zero-order valence-corrected chi connectivity index (χ0v) is 10.9. The molecule has 1 N–H and O–H groups in total. The molecule has 1 aliphatic heterocycles. The molecule has 1 atom stereocenters. The predicted octanol–water partition coefficient (Wildman–Crippen LogP) is 0.259. The minimum absolute atomic E-state index is 0.0310. The Morgan fingerprint density at radius 3 is 2.35 bits per heavy atom. The van der Waals surface area contributed by atoms with Gasteiger partial charge in [-0.2, -0.15) is 13.2 Å². The molecule has 1 aliphatic rings. The number of carboxylic acid groups (broad SMARTS) is 1. The Kier molecular flexibility index (Phi) is 4.84. The van der Waals surface area contributed by atoms with Crippen LogP contribution in [0.1, 0.15) is 6.42 Å². The van der Waals surface area contributed by atoms with Crippen LogP contribution in [0.15, 0.2) is 0 Å². The molecule has 1 heterocycles. The molecule has 20 heavy (non-hydrogen) atoms. The van der Waals surface area contributed by atoms with Crippen molar-refractivity contribution >= 4 is 21.9 Å². The number of alkyl halides is 3. The Hall–Kier alpha value is -1.52. The third kappa shape index (κ3) is 5.23. The number of aliphatic carboxylic acids is 1. The van der Waals surface area contributed by atoms with Gasteiger partial charge in [-0.05, 0) is 6.42 Å². The standard InChI is InChI=1S/C9H12F3NO6S/c10-9(11,12)5-19-8(16)13(3-7(14)15)6-1-2-20(17,18)4-6/h6H,1-5H2,(H,14,15). The number of carboxylic acids is 1. The van der Waals surface area contributed by atoms with Crippen LogP contribution in [0.2, 0.25) is 0 Å². The second kappa shape index (κ2) is 5.85. The average Bonchev–Trinajstić information content (AvgIpc) is 2.62. The molecule has 1 amide bonds. The second-order valence-electron chi connectivity index (χ2n) is 4.25. The molecule has 0 radical (unpaired) electrons. The third-order valence-corrected chi connectivity index (χ3v) is 4.30. The van der Waals surface area contributed by atoms with Crippen LogP contribution in [-0.2, 0) is 19.4 Å². The molecule has 1 unspecified atom stereocenters. The van der Waals surface area contributed by atoms with Gasteiger partial charge in [-0.3, -0.25) is 9.69 Å². The molecule has 0 aromatic carbocycles. The summed E-state index contributed by atoms with van der Waals surface area (Å²) < 4.78 is 62.3. The molecule has 0 aromatic heterocycles. The molecule has 11 heteroatoms. The van der Waals surface area contributed by atoms with Crippen LogP contribution in [0, 0.1) is 0 Å². The molecule has 1 rings (SSSR count). The van der Waals surface area contributed by atoms with E-state index in [9.17, 15) is 31.2 Å². The quantitative estimate of drug-likeness (QED) is 0.797. The molecule has 7 nitrogen and oxygen atoms in total. The van der Waals surface area contributed by atoms with Gasteiger partial charge in [-0.25, -0.2) is 13.2 Å². The van der Waals surface area contributed by atoms with Crippen molar-refractivity contribution in [2.45, 2.75) is 18.6 Å². The summed E-state index contributed by atoms with van der Waals surface area (Å²) in [5.74, 6) is -2.21. The van der Waals surface area contributed by atoms with Gasteiger partial charge in [0.2, 0.25) is 0 Å². The van der Waals surface area contributed by atoms with E-state index < -0.39 is 53.0 Å². The normalized spacial score (nSPS) is 21.4. The largest absolute Gasteiger partial charge is 0.480 e. The summed E-state index contributed by atoms with van der Waals surface area (Å²) >= 11 is 0. The summed E-state index contributed by atoms with van der Waals surface area (Å²) in [4.78, 5) is 22.6. The lowest BCUT2D eigenvalue weighted by molar-refractivity contribution is -0.163. The molecular formula is C9H12F3NO6S. The first-order valence-corrected chi connectivity index (χ1v) is 7.25. The number of ether oxygens (including phenoxy) is 1. The fraction of sp³-hybridized carbons (Fsp3) is 0.778. The van der Waals surface area contributed by atoms with Crippen LogP contribution in [-0.4, -0.2) is 67.4 Å². The lowest BCUT2D eigenvalue weighted by atomic mass is 10.2. The van der Waals surface area contributed by atoms with E-state index in [-0.39, 0.29) is 12.2 Å². The van der Waals surface area contributed by atoms with Crippen molar-refractivity contribution in [3.05, 3.63) is 0 Å². The Balaban J connectivity index is 2.74. The van der Waals surface area contributed by atoms with E-state index in [1.165, 1.54) is 0 Å². The number of hydrogen-bond acceptors (Lipinski definition) is 5. The zero-order valence-electron chi connectivity index (χ0n) is 10.1. The number of hydrogen-bond donors (Lipinski definition) is 1. The van der Waals surface area contributed by atoms with Crippen LogP contribution in [0.3, 0.4) is 0 Å². The summed E-state index contributed by atoms with van der Waals surface area (Å²) in [7, 11) is -3.42. The zero-order chi connectivity index (χ0) is 15.6. The van der Waals surface area contributed by atoms with Gasteiger partial charge < -0.3 is 9.84 Å². The molecule has 0 bridgehead atoms. The number of nitrogens with zero attached hydrogens (tertiary/aromatic N) is 1. The van der Waals surface area contributed by atoms with E-state index in [0.717, 1.165) is 0 Å². The molecule has 0 spiro atoms. The summed E-state index contributed by atoms with van der Waals surface area (Å²) in [5.41, 5.74) is 0. The number of carbonyl (C=O) groups excluding carboxylic acids is 1. The number of carbonyl (C=O) groups is 2. The Morgan fingerprint density at radius 1 is 1.35 bits per heavy atom. The number of amides is 1. The Labute approximate surface area is 112 Å². The van der Waals surface area contributed by atoms with Crippen molar-refractivity contribution in [3.8, 4) is 0 Å². The van der Waals surface area contributed by atoms with Crippen LogP contribution >= 0.6 is 0 Å². The van der Waals surface area contributed by atoms with E-state index >= 15 is 0 Å². The average molecular weight is 319 g/mol. The highest BCUT2D eigenvalue weighted by Crippen LogP contribution is 2.20. The maximum Gasteiger partial charge on any atom is 0.422 e. The topological polar surface area (TPSA) is 101 Å². The van der Waals surface area contributed by atoms with Crippen molar-refractivity contribution in [1.82, 2.24) is 4.90 Å². The molecule has 0 aliphatic carbocycles. The maximum atomic E-state index is 11.9. The minimum atomic E-state index is -4.74. The van der Waals surface area contributed by atoms with Gasteiger partial charge in [0.15, 0.2) is 16.4 Å². The smallest absolute Gasteiger partial charge is 0.422 e. The molecule has 1 saturated heterocycles. The summed E-state index contributed by atoms with van der Waals surface area (Å²) in [6.45, 7) is -2.78. The molecule has 116 valence electrons. The van der Waals surface area contributed by atoms with Crippen molar-refractivity contribution in [2.75, 3.05) is 24.7 Å². The predicted molar refractivity (Wildman–Crippen MR) is 58.8 cm³/mol. The van der Waals surface area contributed by atoms with Gasteiger partial charge in [0, 0.05) is 0 Å². The minimum Gasteiger partial charge on any atom is -0.480 e. The highest BCUT2D eigenvalue weighted by molar-refractivity contribution is 7.91. The fourth-order valence-electron chi connectivity index (χ4n) is 1.74. The van der Waals surface area contributed by atoms with Gasteiger partial charge in [0.25, 0.3) is 0 Å². The van der Waals surface area contributed by atoms with E-state index in [2.05, 4.69) is 4.74 Å².